The maximum Gasteiger partial charge on any atom is 0.268 e. The highest BCUT2D eigenvalue weighted by molar-refractivity contribution is 7.90. The lowest BCUT2D eigenvalue weighted by atomic mass is 10.1. The summed E-state index contributed by atoms with van der Waals surface area (Å²) in [4.78, 5) is 16.5. The number of para-hydroxylation sites is 1. The number of methoxy groups -OCH3 is 1. The molecule has 0 radical (unpaired) electrons. The van der Waals surface area contributed by atoms with Crippen LogP contribution in [0.2, 0.25) is 0 Å². The van der Waals surface area contributed by atoms with Crippen molar-refractivity contribution < 1.29 is 22.7 Å². The Morgan fingerprint density at radius 2 is 2.00 bits per heavy atom. The number of benzene rings is 2. The number of aromatic nitrogens is 3. The monoisotopic (exact) mass is 537 g/mol. The van der Waals surface area contributed by atoms with E-state index in [0.717, 1.165) is 46.6 Å². The summed E-state index contributed by atoms with van der Waals surface area (Å²) in [7, 11) is -2.00. The van der Waals surface area contributed by atoms with Gasteiger partial charge in [-0.15, -0.1) is 0 Å². The summed E-state index contributed by atoms with van der Waals surface area (Å²) in [5.74, 6) is 0.746. The number of anilines is 1. The van der Waals surface area contributed by atoms with E-state index in [2.05, 4.69) is 14.7 Å². The molecule has 4 rings (SSSR count). The van der Waals surface area contributed by atoms with Crippen molar-refractivity contribution in [2.75, 3.05) is 25.3 Å². The van der Waals surface area contributed by atoms with E-state index >= 15 is 0 Å². The fraction of sp³-hybridized carbons (Fsp3) is 0.200. The standard InChI is InChI=1S/C25H23N5O5S2/c1-34-19-7-5-8-20(14-19)35-12-6-11-30-16-18(21-9-3-4-10-22(21)30)13-17(15-26)23(31)27-24-28-25(29-36-24)37(2,32)33/h3-5,7-10,13-14,16H,6,11-12H2,1-2H3,(H,27,28,29,31)/b17-13-. The average Bonchev–Trinajstić information content (AvgIpc) is 3.50. The normalized spacial score (nSPS) is 11.8. The number of carbonyl (C=O) groups is 1. The number of nitriles is 1. The van der Waals surface area contributed by atoms with Crippen molar-refractivity contribution in [2.24, 2.45) is 0 Å². The molecule has 1 amide bonds. The molecule has 2 heterocycles. The maximum absolute atomic E-state index is 12.7. The second-order valence-electron chi connectivity index (χ2n) is 7.95. The molecule has 0 saturated carbocycles. The average molecular weight is 538 g/mol. The predicted molar refractivity (Wildman–Crippen MR) is 140 cm³/mol. The van der Waals surface area contributed by atoms with Crippen LogP contribution in [-0.4, -0.2) is 48.2 Å². The summed E-state index contributed by atoms with van der Waals surface area (Å²) in [6.45, 7) is 1.15. The van der Waals surface area contributed by atoms with E-state index in [1.54, 1.807) is 7.11 Å². The van der Waals surface area contributed by atoms with Gasteiger partial charge in [0, 0.05) is 53.1 Å². The second kappa shape index (κ2) is 11.2. The van der Waals surface area contributed by atoms with Crippen molar-refractivity contribution in [2.45, 2.75) is 18.1 Å². The smallest absolute Gasteiger partial charge is 0.268 e. The first-order chi connectivity index (χ1) is 17.8. The fourth-order valence-corrected chi connectivity index (χ4v) is 5.01. The van der Waals surface area contributed by atoms with Gasteiger partial charge in [0.05, 0.1) is 13.7 Å². The van der Waals surface area contributed by atoms with E-state index in [9.17, 15) is 18.5 Å². The maximum atomic E-state index is 12.7. The number of hydrogen-bond donors (Lipinski definition) is 1. The molecule has 0 bridgehead atoms. The minimum atomic E-state index is -3.60. The molecular formula is C25H23N5O5S2. The van der Waals surface area contributed by atoms with Crippen molar-refractivity contribution in [3.05, 3.63) is 65.9 Å². The number of fused-ring (bicyclic) bond motifs is 1. The van der Waals surface area contributed by atoms with Gasteiger partial charge in [0.15, 0.2) is 0 Å². The molecule has 0 aliphatic heterocycles. The van der Waals surface area contributed by atoms with Crippen molar-refractivity contribution in [3.8, 4) is 17.6 Å². The van der Waals surface area contributed by atoms with E-state index in [0.29, 0.717) is 18.7 Å². The van der Waals surface area contributed by atoms with Gasteiger partial charge in [0.1, 0.15) is 23.1 Å². The zero-order chi connectivity index (χ0) is 26.4. The van der Waals surface area contributed by atoms with Gasteiger partial charge in [0.25, 0.3) is 11.1 Å². The third-order valence-corrected chi connectivity index (χ3v) is 6.89. The molecule has 37 heavy (non-hydrogen) atoms. The Hall–Kier alpha value is -4.21. The second-order valence-corrected chi connectivity index (χ2v) is 10.6. The number of ether oxygens (including phenoxy) is 2. The predicted octanol–water partition coefficient (Wildman–Crippen LogP) is 3.92. The summed E-state index contributed by atoms with van der Waals surface area (Å²) in [6, 6.07) is 17.0. The quantitative estimate of drug-likeness (QED) is 0.183. The molecule has 4 aromatic rings. The molecule has 2 aromatic heterocycles. The Labute approximate surface area is 217 Å². The highest BCUT2D eigenvalue weighted by atomic mass is 32.2. The molecule has 190 valence electrons. The summed E-state index contributed by atoms with van der Waals surface area (Å²) < 4.78 is 40.0. The summed E-state index contributed by atoms with van der Waals surface area (Å²) in [5.41, 5.74) is 1.50. The van der Waals surface area contributed by atoms with Crippen molar-refractivity contribution in [1.29, 1.82) is 5.26 Å². The van der Waals surface area contributed by atoms with Gasteiger partial charge in [-0.3, -0.25) is 10.1 Å². The minimum Gasteiger partial charge on any atom is -0.497 e. The van der Waals surface area contributed by atoms with Crippen LogP contribution in [0.15, 0.2) is 65.5 Å². The third-order valence-electron chi connectivity index (χ3n) is 5.30. The van der Waals surface area contributed by atoms with E-state index in [4.69, 9.17) is 9.47 Å². The summed E-state index contributed by atoms with van der Waals surface area (Å²) in [5, 5.41) is 12.6. The first kappa shape index (κ1) is 25.9. The first-order valence-corrected chi connectivity index (χ1v) is 13.8. The molecule has 0 atom stereocenters. The van der Waals surface area contributed by atoms with Gasteiger partial charge in [-0.1, -0.05) is 24.3 Å². The number of aryl methyl sites for hydroxylation is 1. The van der Waals surface area contributed by atoms with Crippen LogP contribution in [0.3, 0.4) is 0 Å². The minimum absolute atomic E-state index is 0.00922. The molecule has 0 aliphatic rings. The lowest BCUT2D eigenvalue weighted by Crippen LogP contribution is -2.13. The van der Waals surface area contributed by atoms with Gasteiger partial charge in [-0.25, -0.2) is 8.42 Å². The van der Waals surface area contributed by atoms with Gasteiger partial charge >= 0.3 is 0 Å². The Kier molecular flexibility index (Phi) is 7.86. The van der Waals surface area contributed by atoms with Crippen LogP contribution in [0.4, 0.5) is 5.13 Å². The van der Waals surface area contributed by atoms with E-state index in [1.165, 1.54) is 6.08 Å². The van der Waals surface area contributed by atoms with Crippen molar-refractivity contribution in [1.82, 2.24) is 13.9 Å². The zero-order valence-corrected chi connectivity index (χ0v) is 21.7. The van der Waals surface area contributed by atoms with Gasteiger partial charge in [-0.05, 0) is 30.7 Å². The van der Waals surface area contributed by atoms with Crippen molar-refractivity contribution in [3.63, 3.8) is 0 Å². The molecule has 0 aliphatic carbocycles. The number of amides is 1. The number of nitrogens with one attached hydrogen (secondary N) is 1. The zero-order valence-electron chi connectivity index (χ0n) is 20.0. The number of rotatable bonds is 10. The van der Waals surface area contributed by atoms with Crippen LogP contribution in [0.1, 0.15) is 12.0 Å². The topological polar surface area (TPSA) is 136 Å². The largest absolute Gasteiger partial charge is 0.497 e. The van der Waals surface area contributed by atoms with Gasteiger partial charge < -0.3 is 14.0 Å². The van der Waals surface area contributed by atoms with Gasteiger partial charge in [-0.2, -0.15) is 14.6 Å². The van der Waals surface area contributed by atoms with E-state index in [1.807, 2.05) is 65.4 Å². The van der Waals surface area contributed by atoms with Crippen LogP contribution in [-0.2, 0) is 21.2 Å². The Morgan fingerprint density at radius 3 is 2.73 bits per heavy atom. The fourth-order valence-electron chi connectivity index (χ4n) is 3.57. The van der Waals surface area contributed by atoms with E-state index < -0.39 is 15.7 Å². The SMILES string of the molecule is COc1cccc(OCCCn2cc(/C=C(/C#N)C(=O)Nc3nc(S(C)(=O)=O)ns3)c3ccccc32)c1. The Bertz CT molecular complexity index is 1620. The van der Waals surface area contributed by atoms with Crippen LogP contribution in [0, 0.1) is 11.3 Å². The Balaban J connectivity index is 1.48. The van der Waals surface area contributed by atoms with Gasteiger partial charge in [0.2, 0.25) is 15.0 Å². The number of sulfone groups is 1. The molecule has 10 nitrogen and oxygen atoms in total. The highest BCUT2D eigenvalue weighted by Crippen LogP contribution is 2.25. The molecule has 0 saturated heterocycles. The van der Waals surface area contributed by atoms with Crippen molar-refractivity contribution >= 4 is 49.4 Å². The molecule has 1 N–H and O–H groups in total. The number of hydrogen-bond acceptors (Lipinski definition) is 9. The Morgan fingerprint density at radius 1 is 1.22 bits per heavy atom. The molecule has 0 unspecified atom stereocenters. The summed E-state index contributed by atoms with van der Waals surface area (Å²) >= 11 is 0.725. The third kappa shape index (κ3) is 6.32. The molecule has 0 spiro atoms. The first-order valence-electron chi connectivity index (χ1n) is 11.1. The van der Waals surface area contributed by atoms with Crippen LogP contribution < -0.4 is 14.8 Å². The molecule has 0 fully saturated rings. The number of nitrogens with zero attached hydrogens (tertiary/aromatic N) is 4. The molecule has 2 aromatic carbocycles. The van der Waals surface area contributed by atoms with Crippen LogP contribution in [0.5, 0.6) is 11.5 Å². The molecular weight excluding hydrogens is 514 g/mol. The lowest BCUT2D eigenvalue weighted by molar-refractivity contribution is -0.112. The van der Waals surface area contributed by atoms with E-state index in [-0.39, 0.29) is 15.9 Å². The highest BCUT2D eigenvalue weighted by Gasteiger charge is 2.18. The summed E-state index contributed by atoms with van der Waals surface area (Å²) in [6.07, 6.45) is 5.08. The van der Waals surface area contributed by atoms with Crippen LogP contribution >= 0.6 is 11.5 Å². The number of carbonyl (C=O) groups excluding carboxylic acids is 1. The van der Waals surface area contributed by atoms with Crippen LogP contribution in [0.25, 0.3) is 17.0 Å². The molecule has 12 heteroatoms. The lowest BCUT2D eigenvalue weighted by Gasteiger charge is -2.09.